The van der Waals surface area contributed by atoms with E-state index in [0.29, 0.717) is 6.42 Å². The van der Waals surface area contributed by atoms with E-state index in [1.807, 2.05) is 18.3 Å². The van der Waals surface area contributed by atoms with E-state index in [-0.39, 0.29) is 17.4 Å². The van der Waals surface area contributed by atoms with Gasteiger partial charge in [0, 0.05) is 55.5 Å². The highest BCUT2D eigenvalue weighted by atomic mass is 16.3. The number of likely N-dealkylation sites (tertiary alicyclic amines) is 1. The van der Waals surface area contributed by atoms with E-state index in [9.17, 15) is 4.79 Å². The maximum absolute atomic E-state index is 12.1. The Labute approximate surface area is 135 Å². The molecule has 0 aliphatic carbocycles. The van der Waals surface area contributed by atoms with E-state index >= 15 is 0 Å². The molecule has 1 spiro atoms. The minimum absolute atomic E-state index is 0.104. The minimum Gasteiger partial charge on any atom is -0.472 e. The van der Waals surface area contributed by atoms with Gasteiger partial charge in [-0.25, -0.2) is 0 Å². The number of carbonyl (C=O) groups is 1. The Hall–Kier alpha value is -2.14. The quantitative estimate of drug-likeness (QED) is 0.945. The summed E-state index contributed by atoms with van der Waals surface area (Å²) in [5, 5.41) is 3.29. The number of amides is 1. The zero-order valence-corrected chi connectivity index (χ0v) is 13.1. The molecule has 5 nitrogen and oxygen atoms in total. The standard InChI is InChI=1S/C18H21N3O2/c22-17-10-16(15-2-1-6-19-11-15)18(20-17)4-7-21(8-5-18)12-14-3-9-23-13-14/h1-3,6,9,11,13,16H,4-5,7-8,10,12H2,(H,20,22). The predicted molar refractivity (Wildman–Crippen MR) is 85.7 cm³/mol. The maximum atomic E-state index is 12.1. The smallest absolute Gasteiger partial charge is 0.221 e. The zero-order valence-electron chi connectivity index (χ0n) is 13.1. The highest BCUT2D eigenvalue weighted by Gasteiger charge is 2.48. The van der Waals surface area contributed by atoms with Crippen molar-refractivity contribution >= 4 is 5.91 Å². The molecule has 2 aromatic heterocycles. The summed E-state index contributed by atoms with van der Waals surface area (Å²) in [6.45, 7) is 2.89. The second-order valence-electron chi connectivity index (χ2n) is 6.66. The highest BCUT2D eigenvalue weighted by molar-refractivity contribution is 5.81. The van der Waals surface area contributed by atoms with Crippen molar-refractivity contribution in [3.8, 4) is 0 Å². The van der Waals surface area contributed by atoms with Gasteiger partial charge in [0.25, 0.3) is 0 Å². The molecule has 1 N–H and O–H groups in total. The van der Waals surface area contributed by atoms with Crippen molar-refractivity contribution in [2.45, 2.75) is 37.3 Å². The number of rotatable bonds is 3. The van der Waals surface area contributed by atoms with Crippen LogP contribution in [0.2, 0.25) is 0 Å². The van der Waals surface area contributed by atoms with Crippen LogP contribution >= 0.6 is 0 Å². The summed E-state index contributed by atoms with van der Waals surface area (Å²) in [4.78, 5) is 18.7. The predicted octanol–water partition coefficient (Wildman–Crippen LogP) is 2.31. The van der Waals surface area contributed by atoms with Gasteiger partial charge in [-0.15, -0.1) is 0 Å². The first-order valence-corrected chi connectivity index (χ1v) is 8.20. The summed E-state index contributed by atoms with van der Waals surface area (Å²) in [6, 6.07) is 6.07. The fourth-order valence-electron chi connectivity index (χ4n) is 4.04. The molecule has 2 aromatic rings. The number of aromatic nitrogens is 1. The average molecular weight is 311 g/mol. The van der Waals surface area contributed by atoms with Crippen molar-refractivity contribution < 1.29 is 9.21 Å². The molecule has 0 saturated carbocycles. The van der Waals surface area contributed by atoms with Crippen LogP contribution in [-0.4, -0.2) is 34.4 Å². The van der Waals surface area contributed by atoms with Crippen LogP contribution in [0.5, 0.6) is 0 Å². The van der Waals surface area contributed by atoms with Crippen LogP contribution in [0.1, 0.15) is 36.3 Å². The van der Waals surface area contributed by atoms with E-state index in [0.717, 1.165) is 32.5 Å². The van der Waals surface area contributed by atoms with Gasteiger partial charge >= 0.3 is 0 Å². The summed E-state index contributed by atoms with van der Waals surface area (Å²) in [6.07, 6.45) is 9.76. The van der Waals surface area contributed by atoms with Crippen molar-refractivity contribution in [1.29, 1.82) is 0 Å². The second-order valence-corrected chi connectivity index (χ2v) is 6.66. The third-order valence-electron chi connectivity index (χ3n) is 5.27. The van der Waals surface area contributed by atoms with Crippen LogP contribution in [0.3, 0.4) is 0 Å². The van der Waals surface area contributed by atoms with Gasteiger partial charge in [0.05, 0.1) is 12.5 Å². The Kier molecular flexibility index (Phi) is 3.65. The molecule has 2 fully saturated rings. The maximum Gasteiger partial charge on any atom is 0.221 e. The van der Waals surface area contributed by atoms with Gasteiger partial charge in [0.1, 0.15) is 0 Å². The zero-order chi connectivity index (χ0) is 15.7. The van der Waals surface area contributed by atoms with E-state index in [1.54, 1.807) is 18.7 Å². The lowest BCUT2D eigenvalue weighted by Crippen LogP contribution is -2.53. The summed E-state index contributed by atoms with van der Waals surface area (Å²) in [5.74, 6) is 0.405. The van der Waals surface area contributed by atoms with Crippen molar-refractivity contribution in [3.63, 3.8) is 0 Å². The van der Waals surface area contributed by atoms with Crippen molar-refractivity contribution in [3.05, 3.63) is 54.2 Å². The Bertz CT molecular complexity index is 661. The summed E-state index contributed by atoms with van der Waals surface area (Å²) in [7, 11) is 0. The van der Waals surface area contributed by atoms with Gasteiger partial charge in [-0.2, -0.15) is 0 Å². The number of hydrogen-bond donors (Lipinski definition) is 1. The SMILES string of the molecule is O=C1CC(c2cccnc2)C2(CCN(Cc3ccoc3)CC2)N1. The third kappa shape index (κ3) is 2.77. The van der Waals surface area contributed by atoms with Crippen molar-refractivity contribution in [1.82, 2.24) is 15.2 Å². The molecule has 4 rings (SSSR count). The highest BCUT2D eigenvalue weighted by Crippen LogP contribution is 2.43. The monoisotopic (exact) mass is 311 g/mol. The molecule has 2 aliphatic heterocycles. The molecule has 0 radical (unpaired) electrons. The van der Waals surface area contributed by atoms with Gasteiger partial charge in [0.15, 0.2) is 0 Å². The Morgan fingerprint density at radius 2 is 2.22 bits per heavy atom. The van der Waals surface area contributed by atoms with E-state index in [2.05, 4.69) is 21.3 Å². The average Bonchev–Trinajstić information content (AvgIpc) is 3.19. The van der Waals surface area contributed by atoms with E-state index < -0.39 is 0 Å². The number of nitrogens with zero attached hydrogens (tertiary/aromatic N) is 2. The number of furan rings is 1. The largest absolute Gasteiger partial charge is 0.472 e. The molecule has 1 amide bonds. The molecular weight excluding hydrogens is 290 g/mol. The summed E-state index contributed by atoms with van der Waals surface area (Å²) >= 11 is 0. The Balaban J connectivity index is 1.49. The minimum atomic E-state index is -0.104. The molecule has 4 heterocycles. The number of nitrogens with one attached hydrogen (secondary N) is 1. The molecule has 2 aliphatic rings. The molecule has 120 valence electrons. The van der Waals surface area contributed by atoms with Gasteiger partial charge < -0.3 is 9.73 Å². The lowest BCUT2D eigenvalue weighted by Gasteiger charge is -2.42. The van der Waals surface area contributed by atoms with Crippen LogP contribution in [0.15, 0.2) is 47.5 Å². The number of pyridine rings is 1. The summed E-state index contributed by atoms with van der Waals surface area (Å²) in [5.41, 5.74) is 2.28. The Morgan fingerprint density at radius 3 is 2.91 bits per heavy atom. The fraction of sp³-hybridized carbons (Fsp3) is 0.444. The first-order chi connectivity index (χ1) is 11.3. The number of piperidine rings is 1. The van der Waals surface area contributed by atoms with E-state index in [1.165, 1.54) is 11.1 Å². The summed E-state index contributed by atoms with van der Waals surface area (Å²) < 4.78 is 5.15. The normalized spacial score (nSPS) is 24.0. The molecule has 2 saturated heterocycles. The molecule has 1 unspecified atom stereocenters. The van der Waals surface area contributed by atoms with Gasteiger partial charge in [-0.3, -0.25) is 14.7 Å². The first kappa shape index (κ1) is 14.5. The number of hydrogen-bond acceptors (Lipinski definition) is 4. The fourth-order valence-corrected chi connectivity index (χ4v) is 4.04. The second kappa shape index (κ2) is 5.81. The lowest BCUT2D eigenvalue weighted by atomic mass is 9.74. The van der Waals surface area contributed by atoms with Gasteiger partial charge in [-0.1, -0.05) is 6.07 Å². The Morgan fingerprint density at radius 1 is 1.35 bits per heavy atom. The van der Waals surface area contributed by atoms with Crippen LogP contribution in [-0.2, 0) is 11.3 Å². The van der Waals surface area contributed by atoms with Gasteiger partial charge in [-0.05, 0) is 30.5 Å². The first-order valence-electron chi connectivity index (χ1n) is 8.20. The van der Waals surface area contributed by atoms with E-state index in [4.69, 9.17) is 4.42 Å². The molecule has 1 atom stereocenters. The van der Waals surface area contributed by atoms with Gasteiger partial charge in [0.2, 0.25) is 5.91 Å². The van der Waals surface area contributed by atoms with Crippen LogP contribution in [0, 0.1) is 0 Å². The molecule has 0 bridgehead atoms. The van der Waals surface area contributed by atoms with Crippen LogP contribution < -0.4 is 5.32 Å². The molecule has 23 heavy (non-hydrogen) atoms. The van der Waals surface area contributed by atoms with Crippen LogP contribution in [0.4, 0.5) is 0 Å². The molecule has 5 heteroatoms. The lowest BCUT2D eigenvalue weighted by molar-refractivity contribution is -0.120. The third-order valence-corrected chi connectivity index (χ3v) is 5.27. The van der Waals surface area contributed by atoms with Crippen LogP contribution in [0.25, 0.3) is 0 Å². The topological polar surface area (TPSA) is 58.4 Å². The number of carbonyl (C=O) groups excluding carboxylic acids is 1. The molecular formula is C18H21N3O2. The van der Waals surface area contributed by atoms with Crippen molar-refractivity contribution in [2.24, 2.45) is 0 Å². The molecule has 0 aromatic carbocycles. The van der Waals surface area contributed by atoms with Crippen molar-refractivity contribution in [2.75, 3.05) is 13.1 Å².